The number of rotatable bonds is 3. The second-order valence-electron chi connectivity index (χ2n) is 4.93. The van der Waals surface area contributed by atoms with E-state index in [-0.39, 0.29) is 24.8 Å². The van der Waals surface area contributed by atoms with Gasteiger partial charge in [0, 0.05) is 37.0 Å². The zero-order valence-corrected chi connectivity index (χ0v) is 14.1. The first-order valence-electron chi connectivity index (χ1n) is 6.64. The van der Waals surface area contributed by atoms with Gasteiger partial charge in [-0.15, -0.1) is 24.8 Å². The molecule has 1 aromatic rings. The van der Waals surface area contributed by atoms with E-state index < -0.39 is 0 Å². The third kappa shape index (κ3) is 4.77. The number of hydrogen-bond acceptors (Lipinski definition) is 4. The van der Waals surface area contributed by atoms with Gasteiger partial charge in [0.05, 0.1) is 12.8 Å². The van der Waals surface area contributed by atoms with E-state index in [2.05, 4.69) is 22.1 Å². The molecule has 1 aliphatic heterocycles. The van der Waals surface area contributed by atoms with Gasteiger partial charge < -0.3 is 10.1 Å². The van der Waals surface area contributed by atoms with Crippen molar-refractivity contribution in [2.45, 2.75) is 26.8 Å². The maximum absolute atomic E-state index is 5.46. The third-order valence-corrected chi connectivity index (χ3v) is 3.56. The van der Waals surface area contributed by atoms with Crippen LogP contribution in [0.3, 0.4) is 0 Å². The van der Waals surface area contributed by atoms with Crippen molar-refractivity contribution in [3.63, 3.8) is 0 Å². The number of ether oxygens (including phenoxy) is 1. The molecule has 20 heavy (non-hydrogen) atoms. The molecule has 0 radical (unpaired) electrons. The van der Waals surface area contributed by atoms with Crippen molar-refractivity contribution in [1.82, 2.24) is 15.2 Å². The van der Waals surface area contributed by atoms with Crippen LogP contribution >= 0.6 is 24.8 Å². The predicted molar refractivity (Wildman–Crippen MR) is 87.5 cm³/mol. The van der Waals surface area contributed by atoms with Gasteiger partial charge in [0.25, 0.3) is 0 Å². The number of nitrogens with zero attached hydrogens (tertiary/aromatic N) is 2. The van der Waals surface area contributed by atoms with Crippen molar-refractivity contribution in [3.8, 4) is 5.75 Å². The number of hydrogen-bond donors (Lipinski definition) is 1. The zero-order chi connectivity index (χ0) is 13.0. The summed E-state index contributed by atoms with van der Waals surface area (Å²) < 4.78 is 5.46. The second-order valence-corrected chi connectivity index (χ2v) is 4.93. The maximum Gasteiger partial charge on any atom is 0.128 e. The molecule has 1 aliphatic rings. The normalized spacial score (nSPS) is 15.8. The predicted octanol–water partition coefficient (Wildman–Crippen LogP) is 2.35. The van der Waals surface area contributed by atoms with E-state index >= 15 is 0 Å². The van der Waals surface area contributed by atoms with Crippen LogP contribution in [0.25, 0.3) is 0 Å². The Bertz CT molecular complexity index is 408. The standard InChI is InChI=1S/C14H23N3O.2ClH/c1-11-9-16-13(12(2)14(11)18-3)10-17-7-4-5-15-6-8-17;;/h9,15H,4-8,10H2,1-3H3;2*1H. The van der Waals surface area contributed by atoms with Crippen LogP contribution in [0.1, 0.15) is 23.2 Å². The molecule has 0 unspecified atom stereocenters. The van der Waals surface area contributed by atoms with Crippen molar-refractivity contribution in [3.05, 3.63) is 23.0 Å². The average Bonchev–Trinajstić information content (AvgIpc) is 2.62. The molecule has 1 aromatic heterocycles. The summed E-state index contributed by atoms with van der Waals surface area (Å²) in [7, 11) is 1.73. The van der Waals surface area contributed by atoms with Crippen LogP contribution in [0.4, 0.5) is 0 Å². The summed E-state index contributed by atoms with van der Waals surface area (Å²) in [6.45, 7) is 9.50. The van der Waals surface area contributed by atoms with Gasteiger partial charge in [-0.25, -0.2) is 0 Å². The first-order chi connectivity index (χ1) is 8.72. The SMILES string of the molecule is COc1c(C)cnc(CN2CCCNCC2)c1C.Cl.Cl. The molecule has 4 nitrogen and oxygen atoms in total. The minimum Gasteiger partial charge on any atom is -0.496 e. The Morgan fingerprint density at radius 3 is 2.70 bits per heavy atom. The fourth-order valence-corrected chi connectivity index (χ4v) is 2.50. The molecule has 2 rings (SSSR count). The lowest BCUT2D eigenvalue weighted by molar-refractivity contribution is 0.279. The zero-order valence-electron chi connectivity index (χ0n) is 12.4. The number of methoxy groups -OCH3 is 1. The summed E-state index contributed by atoms with van der Waals surface area (Å²) in [4.78, 5) is 7.03. The third-order valence-electron chi connectivity index (χ3n) is 3.56. The molecule has 6 heteroatoms. The fraction of sp³-hybridized carbons (Fsp3) is 0.643. The summed E-state index contributed by atoms with van der Waals surface area (Å²) in [5.41, 5.74) is 3.42. The van der Waals surface area contributed by atoms with E-state index in [0.717, 1.165) is 49.7 Å². The molecule has 0 atom stereocenters. The highest BCUT2D eigenvalue weighted by molar-refractivity contribution is 5.85. The van der Waals surface area contributed by atoms with Crippen LogP contribution in [-0.4, -0.2) is 43.2 Å². The molecule has 0 saturated carbocycles. The van der Waals surface area contributed by atoms with Gasteiger partial charge in [-0.1, -0.05) is 0 Å². The smallest absolute Gasteiger partial charge is 0.128 e. The Kier molecular flexibility index (Phi) is 9.14. The van der Waals surface area contributed by atoms with Crippen molar-refractivity contribution >= 4 is 24.8 Å². The van der Waals surface area contributed by atoms with Gasteiger partial charge >= 0.3 is 0 Å². The molecule has 0 aromatic carbocycles. The quantitative estimate of drug-likeness (QED) is 0.927. The Morgan fingerprint density at radius 2 is 2.00 bits per heavy atom. The van der Waals surface area contributed by atoms with E-state index in [4.69, 9.17) is 4.74 Å². The monoisotopic (exact) mass is 321 g/mol. The summed E-state index contributed by atoms with van der Waals surface area (Å²) in [5, 5.41) is 3.42. The molecule has 1 N–H and O–H groups in total. The molecule has 0 bridgehead atoms. The number of nitrogens with one attached hydrogen (secondary N) is 1. The molecular formula is C14H25Cl2N3O. The minimum absolute atomic E-state index is 0. The maximum atomic E-state index is 5.46. The number of halogens is 2. The first-order valence-corrected chi connectivity index (χ1v) is 6.64. The average molecular weight is 322 g/mol. The van der Waals surface area contributed by atoms with Gasteiger partial charge in [0.1, 0.15) is 5.75 Å². The Hall–Kier alpha value is -0.550. The van der Waals surface area contributed by atoms with Crippen LogP contribution < -0.4 is 10.1 Å². The molecule has 0 spiro atoms. The van der Waals surface area contributed by atoms with Crippen molar-refractivity contribution in [2.24, 2.45) is 0 Å². The Balaban J connectivity index is 0.00000180. The molecule has 0 aliphatic carbocycles. The van der Waals surface area contributed by atoms with Gasteiger partial charge in [0.15, 0.2) is 0 Å². The van der Waals surface area contributed by atoms with Crippen LogP contribution in [0.2, 0.25) is 0 Å². The number of aryl methyl sites for hydroxylation is 1. The van der Waals surface area contributed by atoms with Crippen LogP contribution in [0, 0.1) is 13.8 Å². The summed E-state index contributed by atoms with van der Waals surface area (Å²) in [6.07, 6.45) is 3.12. The highest BCUT2D eigenvalue weighted by atomic mass is 35.5. The molecule has 116 valence electrons. The lowest BCUT2D eigenvalue weighted by Crippen LogP contribution is -2.28. The van der Waals surface area contributed by atoms with Gasteiger partial charge in [-0.3, -0.25) is 9.88 Å². The van der Waals surface area contributed by atoms with E-state index in [1.165, 1.54) is 12.0 Å². The Labute approximate surface area is 134 Å². The summed E-state index contributed by atoms with van der Waals surface area (Å²) in [6, 6.07) is 0. The van der Waals surface area contributed by atoms with Crippen molar-refractivity contribution < 1.29 is 4.74 Å². The molecular weight excluding hydrogens is 297 g/mol. The highest BCUT2D eigenvalue weighted by Gasteiger charge is 2.14. The van der Waals surface area contributed by atoms with Gasteiger partial charge in [0.2, 0.25) is 0 Å². The van der Waals surface area contributed by atoms with E-state index in [1.807, 2.05) is 13.1 Å². The lowest BCUT2D eigenvalue weighted by atomic mass is 10.1. The van der Waals surface area contributed by atoms with Crippen molar-refractivity contribution in [2.75, 3.05) is 33.3 Å². The fourth-order valence-electron chi connectivity index (χ4n) is 2.50. The van der Waals surface area contributed by atoms with E-state index in [9.17, 15) is 0 Å². The van der Waals surface area contributed by atoms with Crippen LogP contribution in [0.5, 0.6) is 5.75 Å². The number of aromatic nitrogens is 1. The Morgan fingerprint density at radius 1 is 1.25 bits per heavy atom. The molecule has 1 fully saturated rings. The van der Waals surface area contributed by atoms with E-state index in [1.54, 1.807) is 7.11 Å². The topological polar surface area (TPSA) is 37.4 Å². The minimum atomic E-state index is 0. The molecule has 2 heterocycles. The summed E-state index contributed by atoms with van der Waals surface area (Å²) in [5.74, 6) is 0.980. The lowest BCUT2D eigenvalue weighted by Gasteiger charge is -2.21. The number of pyridine rings is 1. The largest absolute Gasteiger partial charge is 0.496 e. The van der Waals surface area contributed by atoms with Crippen LogP contribution in [-0.2, 0) is 6.54 Å². The highest BCUT2D eigenvalue weighted by Crippen LogP contribution is 2.24. The van der Waals surface area contributed by atoms with Gasteiger partial charge in [-0.05, 0) is 33.4 Å². The van der Waals surface area contributed by atoms with E-state index in [0.29, 0.717) is 0 Å². The summed E-state index contributed by atoms with van der Waals surface area (Å²) >= 11 is 0. The second kappa shape index (κ2) is 9.40. The van der Waals surface area contributed by atoms with Crippen molar-refractivity contribution in [1.29, 1.82) is 0 Å². The molecule has 0 amide bonds. The molecule has 1 saturated heterocycles. The van der Waals surface area contributed by atoms with Gasteiger partial charge in [-0.2, -0.15) is 0 Å². The first kappa shape index (κ1) is 19.4. The van der Waals surface area contributed by atoms with Crippen LogP contribution in [0.15, 0.2) is 6.20 Å².